The number of aromatic carboxylic acids is 1. The number of amides is 1. The first-order valence-electron chi connectivity index (χ1n) is 13.8. The lowest BCUT2D eigenvalue weighted by Crippen LogP contribution is -2.54. The summed E-state index contributed by atoms with van der Waals surface area (Å²) >= 11 is 0. The lowest BCUT2D eigenvalue weighted by atomic mass is 9.84. The largest absolute Gasteiger partial charge is 0.476 e. The first-order valence-corrected chi connectivity index (χ1v) is 13.8. The SMILES string of the molecule is Cc1ccc(CN2CCCC23CCN(C(=O)n2ccc(C(=O)O)n2)CC3)c(N2CCN3CCC[C@H]3C2)c1. The van der Waals surface area contributed by atoms with Crippen LogP contribution in [0.3, 0.4) is 0 Å². The maximum Gasteiger partial charge on any atom is 0.356 e. The van der Waals surface area contributed by atoms with Crippen molar-refractivity contribution in [2.24, 2.45) is 0 Å². The van der Waals surface area contributed by atoms with Gasteiger partial charge >= 0.3 is 12.0 Å². The molecule has 37 heavy (non-hydrogen) atoms. The van der Waals surface area contributed by atoms with Crippen LogP contribution in [0.2, 0.25) is 0 Å². The fraction of sp³-hybridized carbons (Fsp3) is 0.607. The van der Waals surface area contributed by atoms with E-state index in [1.165, 1.54) is 67.9 Å². The average Bonchev–Trinajstić information content (AvgIpc) is 3.65. The second-order valence-corrected chi connectivity index (χ2v) is 11.4. The van der Waals surface area contributed by atoms with Crippen LogP contribution in [0.4, 0.5) is 10.5 Å². The third-order valence-electron chi connectivity index (χ3n) is 9.24. The Morgan fingerprint density at radius 1 is 1.03 bits per heavy atom. The van der Waals surface area contributed by atoms with Gasteiger partial charge in [0.15, 0.2) is 5.69 Å². The summed E-state index contributed by atoms with van der Waals surface area (Å²) in [5, 5.41) is 13.1. The van der Waals surface area contributed by atoms with Gasteiger partial charge in [0.1, 0.15) is 0 Å². The van der Waals surface area contributed by atoms with Crippen LogP contribution in [-0.2, 0) is 6.54 Å². The number of aromatic nitrogens is 2. The molecule has 198 valence electrons. The van der Waals surface area contributed by atoms with E-state index in [4.69, 9.17) is 5.11 Å². The first-order chi connectivity index (χ1) is 17.9. The van der Waals surface area contributed by atoms with Crippen LogP contribution < -0.4 is 4.90 Å². The summed E-state index contributed by atoms with van der Waals surface area (Å²) in [5.41, 5.74) is 4.18. The van der Waals surface area contributed by atoms with Gasteiger partial charge in [-0.25, -0.2) is 9.59 Å². The van der Waals surface area contributed by atoms with Crippen LogP contribution in [0.5, 0.6) is 0 Å². The molecule has 9 heteroatoms. The molecule has 4 aliphatic heterocycles. The molecular weight excluding hydrogens is 468 g/mol. The number of anilines is 1. The van der Waals surface area contributed by atoms with Crippen molar-refractivity contribution >= 4 is 17.7 Å². The Morgan fingerprint density at radius 2 is 1.86 bits per heavy atom. The standard InChI is InChI=1S/C28H38N6O3/c1-21-5-6-22(25(18-21)32-17-16-30-11-2-4-23(30)20-32)19-33-12-3-8-28(33)9-14-31(15-10-28)27(37)34-13-7-24(29-34)26(35)36/h5-7,13,18,23H,2-4,8-12,14-17,19-20H2,1H3,(H,35,36)/t23-/m0/s1. The van der Waals surface area contributed by atoms with Crippen molar-refractivity contribution in [3.05, 3.63) is 47.3 Å². The molecular formula is C28H38N6O3. The maximum atomic E-state index is 13.0. The van der Waals surface area contributed by atoms with E-state index < -0.39 is 5.97 Å². The predicted molar refractivity (Wildman–Crippen MR) is 141 cm³/mol. The minimum atomic E-state index is -1.12. The second-order valence-electron chi connectivity index (χ2n) is 11.4. The molecule has 9 nitrogen and oxygen atoms in total. The van der Waals surface area contributed by atoms with Crippen LogP contribution in [0.15, 0.2) is 30.5 Å². The summed E-state index contributed by atoms with van der Waals surface area (Å²) in [6.45, 7) is 10.2. The van der Waals surface area contributed by atoms with Gasteiger partial charge < -0.3 is 14.9 Å². The monoisotopic (exact) mass is 506 g/mol. The van der Waals surface area contributed by atoms with Crippen molar-refractivity contribution in [3.63, 3.8) is 0 Å². The summed E-state index contributed by atoms with van der Waals surface area (Å²) in [6, 6.07) is 8.82. The zero-order valence-corrected chi connectivity index (χ0v) is 21.8. The van der Waals surface area contributed by atoms with Crippen molar-refractivity contribution in [2.45, 2.75) is 63.6 Å². The number of hydrogen-bond donors (Lipinski definition) is 1. The molecule has 4 saturated heterocycles. The molecule has 4 aliphatic rings. The summed E-state index contributed by atoms with van der Waals surface area (Å²) in [5.74, 6) is -1.12. The van der Waals surface area contributed by atoms with Gasteiger partial charge in [0.2, 0.25) is 0 Å². The molecule has 4 fully saturated rings. The third kappa shape index (κ3) is 4.63. The average molecular weight is 507 g/mol. The van der Waals surface area contributed by atoms with E-state index in [-0.39, 0.29) is 17.3 Å². The summed E-state index contributed by atoms with van der Waals surface area (Å²) < 4.78 is 1.16. The topological polar surface area (TPSA) is 85.1 Å². The highest BCUT2D eigenvalue weighted by molar-refractivity contribution is 5.86. The number of carbonyl (C=O) groups is 2. The van der Waals surface area contributed by atoms with E-state index >= 15 is 0 Å². The summed E-state index contributed by atoms with van der Waals surface area (Å²) in [6.07, 6.45) is 8.33. The smallest absolute Gasteiger partial charge is 0.356 e. The van der Waals surface area contributed by atoms with E-state index in [1.54, 1.807) is 0 Å². The van der Waals surface area contributed by atoms with Gasteiger partial charge in [-0.15, -0.1) is 0 Å². The van der Waals surface area contributed by atoms with Crippen LogP contribution in [0.25, 0.3) is 0 Å². The molecule has 1 aromatic heterocycles. The minimum Gasteiger partial charge on any atom is -0.476 e. The maximum absolute atomic E-state index is 13.0. The molecule has 1 amide bonds. The first kappa shape index (κ1) is 24.4. The number of carboxylic acids is 1. The van der Waals surface area contributed by atoms with Gasteiger partial charge in [-0.3, -0.25) is 9.80 Å². The molecule has 0 saturated carbocycles. The number of benzene rings is 1. The Hall–Kier alpha value is -2.91. The fourth-order valence-electron chi connectivity index (χ4n) is 7.13. The summed E-state index contributed by atoms with van der Waals surface area (Å²) in [4.78, 5) is 33.9. The third-order valence-corrected chi connectivity index (χ3v) is 9.24. The Bertz CT molecular complexity index is 1170. The van der Waals surface area contributed by atoms with Gasteiger partial charge in [0.05, 0.1) is 0 Å². The quantitative estimate of drug-likeness (QED) is 0.681. The van der Waals surface area contributed by atoms with E-state index in [2.05, 4.69) is 44.9 Å². The van der Waals surface area contributed by atoms with E-state index in [9.17, 15) is 9.59 Å². The minimum absolute atomic E-state index is 0.105. The Labute approximate surface area is 218 Å². The van der Waals surface area contributed by atoms with Crippen molar-refractivity contribution in [1.29, 1.82) is 0 Å². The molecule has 0 bridgehead atoms. The van der Waals surface area contributed by atoms with Crippen LogP contribution in [0, 0.1) is 6.92 Å². The normalized spacial score (nSPS) is 24.1. The lowest BCUT2D eigenvalue weighted by molar-refractivity contribution is 0.0584. The Kier molecular flexibility index (Phi) is 6.44. The molecule has 0 radical (unpaired) electrons. The van der Waals surface area contributed by atoms with Gasteiger partial charge in [0, 0.05) is 62.7 Å². The van der Waals surface area contributed by atoms with Crippen LogP contribution >= 0.6 is 0 Å². The molecule has 1 N–H and O–H groups in total. The van der Waals surface area contributed by atoms with Gasteiger partial charge in [-0.2, -0.15) is 9.78 Å². The van der Waals surface area contributed by atoms with E-state index in [0.717, 1.165) is 43.7 Å². The molecule has 1 aromatic carbocycles. The Morgan fingerprint density at radius 3 is 2.65 bits per heavy atom. The second kappa shape index (κ2) is 9.76. The van der Waals surface area contributed by atoms with Crippen LogP contribution in [0.1, 0.15) is 60.1 Å². The number of fused-ring (bicyclic) bond motifs is 1. The number of rotatable bonds is 4. The molecule has 5 heterocycles. The van der Waals surface area contributed by atoms with Gasteiger partial charge in [0.25, 0.3) is 0 Å². The number of aryl methyl sites for hydroxylation is 1. The number of carboxylic acid groups (broad SMARTS) is 1. The Balaban J connectivity index is 1.15. The van der Waals surface area contributed by atoms with Gasteiger partial charge in [-0.1, -0.05) is 12.1 Å². The van der Waals surface area contributed by atoms with E-state index in [1.807, 2.05) is 4.90 Å². The van der Waals surface area contributed by atoms with Crippen LogP contribution in [-0.4, -0.2) is 99.0 Å². The molecule has 0 aliphatic carbocycles. The highest BCUT2D eigenvalue weighted by Crippen LogP contribution is 2.41. The van der Waals surface area contributed by atoms with Crippen molar-refractivity contribution in [2.75, 3.05) is 50.7 Å². The molecule has 6 rings (SSSR count). The number of hydrogen-bond acceptors (Lipinski definition) is 6. The number of nitrogens with zero attached hydrogens (tertiary/aromatic N) is 6. The highest BCUT2D eigenvalue weighted by atomic mass is 16.4. The molecule has 0 unspecified atom stereocenters. The molecule has 1 spiro atoms. The fourth-order valence-corrected chi connectivity index (χ4v) is 7.13. The van der Waals surface area contributed by atoms with Crippen molar-refractivity contribution in [3.8, 4) is 0 Å². The highest BCUT2D eigenvalue weighted by Gasteiger charge is 2.44. The van der Waals surface area contributed by atoms with Crippen molar-refractivity contribution < 1.29 is 14.7 Å². The van der Waals surface area contributed by atoms with Gasteiger partial charge in [-0.05, 0) is 81.8 Å². The zero-order chi connectivity index (χ0) is 25.6. The number of piperidine rings is 1. The molecule has 1 atom stereocenters. The predicted octanol–water partition coefficient (Wildman–Crippen LogP) is 3.27. The van der Waals surface area contributed by atoms with Crippen molar-refractivity contribution in [1.82, 2.24) is 24.5 Å². The number of carbonyl (C=O) groups excluding carboxylic acids is 1. The summed E-state index contributed by atoms with van der Waals surface area (Å²) in [7, 11) is 0. The number of likely N-dealkylation sites (tertiary alicyclic amines) is 2. The zero-order valence-electron chi connectivity index (χ0n) is 21.8. The molecule has 2 aromatic rings. The number of piperazine rings is 1. The van der Waals surface area contributed by atoms with E-state index in [0.29, 0.717) is 19.1 Å². The lowest BCUT2D eigenvalue weighted by Gasteiger charge is -2.45.